The predicted molar refractivity (Wildman–Crippen MR) is 85.7 cm³/mol. The van der Waals surface area contributed by atoms with Crippen molar-refractivity contribution in [1.82, 2.24) is 10.2 Å². The molecule has 5 unspecified atom stereocenters. The van der Waals surface area contributed by atoms with E-state index in [-0.39, 0.29) is 0 Å². The van der Waals surface area contributed by atoms with Gasteiger partial charge in [0.1, 0.15) is 0 Å². The molecule has 112 valence electrons. The van der Waals surface area contributed by atoms with Crippen LogP contribution < -0.4 is 5.32 Å². The van der Waals surface area contributed by atoms with Gasteiger partial charge < -0.3 is 10.2 Å². The number of nitrogens with zero attached hydrogens (tertiary/aromatic N) is 1. The third kappa shape index (κ3) is 1.57. The maximum atomic E-state index is 3.80. The molecule has 2 aliphatic heterocycles. The van der Waals surface area contributed by atoms with Gasteiger partial charge in [0.25, 0.3) is 0 Å². The van der Waals surface area contributed by atoms with E-state index in [1.807, 2.05) is 0 Å². The maximum Gasteiger partial charge on any atom is 0.0200 e. The first-order valence-electron chi connectivity index (χ1n) is 8.82. The molecule has 21 heavy (non-hydrogen) atoms. The lowest BCUT2D eigenvalue weighted by molar-refractivity contribution is 0.0391. The normalized spacial score (nSPS) is 47.2. The van der Waals surface area contributed by atoms with Crippen LogP contribution in [-0.4, -0.2) is 31.1 Å². The summed E-state index contributed by atoms with van der Waals surface area (Å²) in [5, 5.41) is 3.80. The molecule has 1 N–H and O–H groups in total. The number of likely N-dealkylation sites (tertiary alicyclic amines) is 1. The summed E-state index contributed by atoms with van der Waals surface area (Å²) in [5.74, 6) is 2.75. The Labute approximate surface area is 128 Å². The average Bonchev–Trinajstić information content (AvgIpc) is 2.96. The highest BCUT2D eigenvalue weighted by Gasteiger charge is 2.54. The molecule has 5 atom stereocenters. The van der Waals surface area contributed by atoms with Crippen LogP contribution in [0.3, 0.4) is 0 Å². The lowest BCUT2D eigenvalue weighted by atomic mass is 9.51. The number of hydrogen-bond acceptors (Lipinski definition) is 2. The van der Waals surface area contributed by atoms with E-state index in [9.17, 15) is 0 Å². The van der Waals surface area contributed by atoms with Crippen molar-refractivity contribution in [2.24, 2.45) is 23.2 Å². The molecule has 0 aromatic rings. The van der Waals surface area contributed by atoms with Gasteiger partial charge in [0.2, 0.25) is 0 Å². The Bertz CT molecular complexity index is 558. The fourth-order valence-electron chi connectivity index (χ4n) is 6.18. The summed E-state index contributed by atoms with van der Waals surface area (Å²) in [6.07, 6.45) is 16.5. The van der Waals surface area contributed by atoms with Gasteiger partial charge in [0.15, 0.2) is 0 Å². The third-order valence-electron chi connectivity index (χ3n) is 7.19. The van der Waals surface area contributed by atoms with Gasteiger partial charge in [0, 0.05) is 30.7 Å². The van der Waals surface area contributed by atoms with E-state index in [0.717, 1.165) is 23.8 Å². The van der Waals surface area contributed by atoms with Crippen molar-refractivity contribution in [1.29, 1.82) is 0 Å². The smallest absolute Gasteiger partial charge is 0.0200 e. The van der Waals surface area contributed by atoms with E-state index in [1.165, 1.54) is 45.2 Å². The van der Waals surface area contributed by atoms with Crippen LogP contribution in [-0.2, 0) is 0 Å². The zero-order chi connectivity index (χ0) is 14.0. The van der Waals surface area contributed by atoms with Gasteiger partial charge in [-0.05, 0) is 62.0 Å². The van der Waals surface area contributed by atoms with Gasteiger partial charge in [-0.15, -0.1) is 0 Å². The van der Waals surface area contributed by atoms with E-state index in [0.29, 0.717) is 5.41 Å². The first-order chi connectivity index (χ1) is 10.3. The monoisotopic (exact) mass is 282 g/mol. The van der Waals surface area contributed by atoms with Crippen molar-refractivity contribution in [3.63, 3.8) is 0 Å². The van der Waals surface area contributed by atoms with Gasteiger partial charge in [-0.25, -0.2) is 0 Å². The topological polar surface area (TPSA) is 15.3 Å². The van der Waals surface area contributed by atoms with Crippen molar-refractivity contribution in [2.75, 3.05) is 20.1 Å². The molecule has 2 nitrogen and oxygen atoms in total. The van der Waals surface area contributed by atoms with E-state index in [1.54, 1.807) is 11.3 Å². The van der Waals surface area contributed by atoms with Crippen molar-refractivity contribution < 1.29 is 0 Å². The second kappa shape index (κ2) is 4.25. The summed E-state index contributed by atoms with van der Waals surface area (Å²) in [6.45, 7) is 2.49. The minimum Gasteiger partial charge on any atom is -0.378 e. The molecule has 0 spiro atoms. The molecule has 0 aromatic heterocycles. The molecule has 0 radical (unpaired) electrons. The Morgan fingerprint density at radius 2 is 2.19 bits per heavy atom. The van der Waals surface area contributed by atoms with Crippen LogP contribution in [0.15, 0.2) is 35.6 Å². The van der Waals surface area contributed by atoms with Crippen LogP contribution in [0.25, 0.3) is 0 Å². The Balaban J connectivity index is 1.62. The highest BCUT2D eigenvalue weighted by molar-refractivity contribution is 5.46. The summed E-state index contributed by atoms with van der Waals surface area (Å²) in [7, 11) is 2.31. The zero-order valence-corrected chi connectivity index (χ0v) is 13.0. The van der Waals surface area contributed by atoms with Crippen molar-refractivity contribution in [2.45, 2.75) is 38.1 Å². The Morgan fingerprint density at radius 3 is 3.14 bits per heavy atom. The summed E-state index contributed by atoms with van der Waals surface area (Å²) >= 11 is 0. The van der Waals surface area contributed by atoms with Gasteiger partial charge in [0.05, 0.1) is 0 Å². The van der Waals surface area contributed by atoms with Crippen LogP contribution in [0.5, 0.6) is 0 Å². The van der Waals surface area contributed by atoms with Crippen molar-refractivity contribution >= 4 is 0 Å². The minimum atomic E-state index is 0.370. The fraction of sp³-hybridized carbons (Fsp3) is 0.684. The molecule has 3 aliphatic carbocycles. The third-order valence-corrected chi connectivity index (χ3v) is 7.19. The molecule has 5 rings (SSSR count). The average molecular weight is 282 g/mol. The standard InChI is InChI=1S/C19H26N2/c1-21-9-7-19-6-3-2-4-15(19)18(21)11-14-10-13-5-8-20-17(13)12-16(14)19/h2-4,6,13-14,16-17,20H,5,7-12H2,1H3. The van der Waals surface area contributed by atoms with Crippen molar-refractivity contribution in [3.05, 3.63) is 35.6 Å². The first-order valence-corrected chi connectivity index (χ1v) is 8.82. The van der Waals surface area contributed by atoms with E-state index < -0.39 is 0 Å². The Kier molecular flexibility index (Phi) is 2.54. The molecule has 2 heteroatoms. The SMILES string of the molecule is CN1CCC23C=CC=CC2=C1CC1CC2CCNC2CC13. The number of nitrogens with one attached hydrogen (secondary N) is 1. The summed E-state index contributed by atoms with van der Waals surface area (Å²) in [5.41, 5.74) is 3.69. The highest BCUT2D eigenvalue weighted by Crippen LogP contribution is 2.60. The van der Waals surface area contributed by atoms with E-state index in [2.05, 4.69) is 41.6 Å². The molecule has 1 saturated heterocycles. The van der Waals surface area contributed by atoms with E-state index in [4.69, 9.17) is 0 Å². The molecule has 2 bridgehead atoms. The molecular formula is C19H26N2. The maximum absolute atomic E-state index is 3.80. The Hall–Kier alpha value is -1.02. The number of hydrogen-bond donors (Lipinski definition) is 1. The van der Waals surface area contributed by atoms with Crippen LogP contribution in [0.4, 0.5) is 0 Å². The summed E-state index contributed by atoms with van der Waals surface area (Å²) < 4.78 is 0. The van der Waals surface area contributed by atoms with Crippen LogP contribution >= 0.6 is 0 Å². The van der Waals surface area contributed by atoms with E-state index >= 15 is 0 Å². The molecule has 0 aromatic carbocycles. The largest absolute Gasteiger partial charge is 0.378 e. The Morgan fingerprint density at radius 1 is 1.24 bits per heavy atom. The molecule has 5 aliphatic rings. The second-order valence-electron chi connectivity index (χ2n) is 7.94. The van der Waals surface area contributed by atoms with Crippen LogP contribution in [0.1, 0.15) is 32.1 Å². The number of rotatable bonds is 0. The van der Waals surface area contributed by atoms with Crippen molar-refractivity contribution in [3.8, 4) is 0 Å². The number of allylic oxidation sites excluding steroid dienone is 6. The summed E-state index contributed by atoms with van der Waals surface area (Å²) in [4.78, 5) is 2.55. The van der Waals surface area contributed by atoms with Gasteiger partial charge in [-0.3, -0.25) is 0 Å². The highest BCUT2D eigenvalue weighted by atomic mass is 15.1. The van der Waals surface area contributed by atoms with Crippen LogP contribution in [0, 0.1) is 23.2 Å². The first kappa shape index (κ1) is 12.5. The second-order valence-corrected chi connectivity index (χ2v) is 7.94. The minimum absolute atomic E-state index is 0.370. The molecule has 1 saturated carbocycles. The lowest BCUT2D eigenvalue weighted by Gasteiger charge is -2.57. The van der Waals surface area contributed by atoms with Gasteiger partial charge in [-0.2, -0.15) is 0 Å². The zero-order valence-electron chi connectivity index (χ0n) is 13.0. The number of fused-ring (bicyclic) bond motifs is 2. The van der Waals surface area contributed by atoms with Crippen LogP contribution in [0.2, 0.25) is 0 Å². The quantitative estimate of drug-likeness (QED) is 0.734. The molecular weight excluding hydrogens is 256 g/mol. The lowest BCUT2D eigenvalue weighted by Crippen LogP contribution is -2.53. The molecule has 2 heterocycles. The fourth-order valence-corrected chi connectivity index (χ4v) is 6.18. The predicted octanol–water partition coefficient (Wildman–Crippen LogP) is 3.10. The van der Waals surface area contributed by atoms with Gasteiger partial charge >= 0.3 is 0 Å². The molecule has 2 fully saturated rings. The summed E-state index contributed by atoms with van der Waals surface area (Å²) in [6, 6.07) is 0.808. The van der Waals surface area contributed by atoms with Gasteiger partial charge in [-0.1, -0.05) is 24.3 Å². The molecule has 0 amide bonds.